The van der Waals surface area contributed by atoms with Gasteiger partial charge in [0, 0.05) is 0 Å². The summed E-state index contributed by atoms with van der Waals surface area (Å²) in [5, 5.41) is 10.1. The number of hydrogen-bond donors (Lipinski definition) is 1. The fourth-order valence-corrected chi connectivity index (χ4v) is 6.90. The molecule has 27 heavy (non-hydrogen) atoms. The summed E-state index contributed by atoms with van der Waals surface area (Å²) in [5.74, 6) is 2.41. The first-order chi connectivity index (χ1) is 13.0. The maximum Gasteiger partial charge on any atom is 0.0578 e. The number of rotatable bonds is 3. The SMILES string of the molecule is CC.CC/C=C/CC1CCC2C3=CC=C4CC(O)CCC4(C)C3CCC12C. The third kappa shape index (κ3) is 3.50. The topological polar surface area (TPSA) is 20.2 Å². The molecule has 0 radical (unpaired) electrons. The van der Waals surface area contributed by atoms with Gasteiger partial charge in [-0.15, -0.1) is 0 Å². The van der Waals surface area contributed by atoms with Crippen molar-refractivity contribution in [3.63, 3.8) is 0 Å². The van der Waals surface area contributed by atoms with E-state index in [-0.39, 0.29) is 6.10 Å². The molecule has 0 saturated heterocycles. The molecule has 0 amide bonds. The van der Waals surface area contributed by atoms with Crippen molar-refractivity contribution < 1.29 is 5.11 Å². The van der Waals surface area contributed by atoms with Crippen LogP contribution in [0.25, 0.3) is 0 Å². The molecule has 0 aliphatic heterocycles. The van der Waals surface area contributed by atoms with Crippen molar-refractivity contribution in [2.45, 2.75) is 98.5 Å². The number of allylic oxidation sites excluding steroid dienone is 5. The Morgan fingerprint density at radius 2 is 1.78 bits per heavy atom. The minimum Gasteiger partial charge on any atom is -0.393 e. The lowest BCUT2D eigenvalue weighted by Gasteiger charge is -2.54. The van der Waals surface area contributed by atoms with Crippen LogP contribution >= 0.6 is 0 Å². The normalized spacial score (nSPS) is 43.0. The predicted octanol–water partition coefficient (Wildman–Crippen LogP) is 7.23. The van der Waals surface area contributed by atoms with Crippen LogP contribution in [0.3, 0.4) is 0 Å². The van der Waals surface area contributed by atoms with Crippen LogP contribution in [0.1, 0.15) is 92.4 Å². The van der Waals surface area contributed by atoms with Gasteiger partial charge in [0.2, 0.25) is 0 Å². The molecule has 6 atom stereocenters. The van der Waals surface area contributed by atoms with Gasteiger partial charge in [-0.05, 0) is 86.4 Å². The van der Waals surface area contributed by atoms with Crippen LogP contribution in [0.4, 0.5) is 0 Å². The third-order valence-corrected chi connectivity index (χ3v) is 8.56. The van der Waals surface area contributed by atoms with E-state index < -0.39 is 0 Å². The van der Waals surface area contributed by atoms with Gasteiger partial charge in [0.1, 0.15) is 0 Å². The summed E-state index contributed by atoms with van der Waals surface area (Å²) in [4.78, 5) is 0. The van der Waals surface area contributed by atoms with E-state index in [2.05, 4.69) is 45.1 Å². The monoisotopic (exact) mass is 370 g/mol. The van der Waals surface area contributed by atoms with Crippen LogP contribution < -0.4 is 0 Å². The first kappa shape index (κ1) is 20.9. The van der Waals surface area contributed by atoms with Crippen LogP contribution in [0.15, 0.2) is 35.5 Å². The van der Waals surface area contributed by atoms with Gasteiger partial charge in [-0.1, -0.05) is 70.1 Å². The quantitative estimate of drug-likeness (QED) is 0.519. The van der Waals surface area contributed by atoms with Crippen LogP contribution in [0.2, 0.25) is 0 Å². The second kappa shape index (κ2) is 8.27. The molecule has 0 bridgehead atoms. The number of fused-ring (bicyclic) bond motifs is 5. The van der Waals surface area contributed by atoms with E-state index >= 15 is 0 Å². The molecule has 0 aromatic rings. The van der Waals surface area contributed by atoms with E-state index in [4.69, 9.17) is 0 Å². The summed E-state index contributed by atoms with van der Waals surface area (Å²) < 4.78 is 0. The predicted molar refractivity (Wildman–Crippen MR) is 117 cm³/mol. The highest BCUT2D eigenvalue weighted by Crippen LogP contribution is 2.65. The first-order valence-corrected chi connectivity index (χ1v) is 11.7. The van der Waals surface area contributed by atoms with Crippen molar-refractivity contribution >= 4 is 0 Å². The van der Waals surface area contributed by atoms with Crippen LogP contribution in [0, 0.1) is 28.6 Å². The van der Waals surface area contributed by atoms with E-state index in [1.807, 2.05) is 13.8 Å². The Kier molecular flexibility index (Phi) is 6.41. The third-order valence-electron chi connectivity index (χ3n) is 8.56. The molecule has 3 fully saturated rings. The maximum absolute atomic E-state index is 10.1. The summed E-state index contributed by atoms with van der Waals surface area (Å²) in [5.41, 5.74) is 4.14. The highest BCUT2D eigenvalue weighted by Gasteiger charge is 2.55. The van der Waals surface area contributed by atoms with Crippen molar-refractivity contribution in [3.8, 4) is 0 Å². The Labute approximate surface area is 168 Å². The van der Waals surface area contributed by atoms with Crippen molar-refractivity contribution in [2.75, 3.05) is 0 Å². The smallest absolute Gasteiger partial charge is 0.0578 e. The van der Waals surface area contributed by atoms with Gasteiger partial charge >= 0.3 is 0 Å². The molecule has 4 rings (SSSR count). The van der Waals surface area contributed by atoms with E-state index in [9.17, 15) is 5.11 Å². The molecule has 1 heteroatoms. The molecular weight excluding hydrogens is 328 g/mol. The van der Waals surface area contributed by atoms with Crippen LogP contribution in [-0.2, 0) is 0 Å². The van der Waals surface area contributed by atoms with E-state index in [0.29, 0.717) is 10.8 Å². The van der Waals surface area contributed by atoms with Crippen molar-refractivity contribution in [1.82, 2.24) is 0 Å². The number of aliphatic hydroxyl groups excluding tert-OH is 1. The Bertz CT molecular complexity index is 612. The molecular formula is C26H42O. The molecule has 0 spiro atoms. The molecule has 0 heterocycles. The van der Waals surface area contributed by atoms with Crippen LogP contribution in [-0.4, -0.2) is 11.2 Å². The molecule has 1 nitrogen and oxygen atoms in total. The number of aliphatic hydroxyl groups is 1. The van der Waals surface area contributed by atoms with Crippen LogP contribution in [0.5, 0.6) is 0 Å². The minimum atomic E-state index is -0.107. The van der Waals surface area contributed by atoms with Crippen molar-refractivity contribution in [2.24, 2.45) is 28.6 Å². The Morgan fingerprint density at radius 3 is 2.52 bits per heavy atom. The molecule has 152 valence electrons. The highest BCUT2D eigenvalue weighted by molar-refractivity contribution is 5.38. The Hall–Kier alpha value is -0.820. The van der Waals surface area contributed by atoms with Gasteiger partial charge in [0.25, 0.3) is 0 Å². The van der Waals surface area contributed by atoms with Gasteiger partial charge in [0.15, 0.2) is 0 Å². The largest absolute Gasteiger partial charge is 0.393 e. The minimum absolute atomic E-state index is 0.107. The highest BCUT2D eigenvalue weighted by atomic mass is 16.3. The average Bonchev–Trinajstić information content (AvgIpc) is 3.01. The van der Waals surface area contributed by atoms with Crippen molar-refractivity contribution in [1.29, 1.82) is 0 Å². The molecule has 0 aromatic carbocycles. The fraction of sp³-hybridized carbons (Fsp3) is 0.769. The number of hydrogen-bond acceptors (Lipinski definition) is 1. The Balaban J connectivity index is 0.00000102. The lowest BCUT2D eigenvalue weighted by molar-refractivity contribution is 0.0453. The Morgan fingerprint density at radius 1 is 1.00 bits per heavy atom. The molecule has 4 aliphatic carbocycles. The average molecular weight is 371 g/mol. The summed E-state index contributed by atoms with van der Waals surface area (Å²) >= 11 is 0. The summed E-state index contributed by atoms with van der Waals surface area (Å²) in [6.07, 6.45) is 20.7. The molecule has 6 unspecified atom stereocenters. The van der Waals surface area contributed by atoms with Gasteiger partial charge < -0.3 is 5.11 Å². The lowest BCUT2D eigenvalue weighted by Crippen LogP contribution is -2.45. The van der Waals surface area contributed by atoms with E-state index in [1.54, 1.807) is 5.57 Å². The summed E-state index contributed by atoms with van der Waals surface area (Å²) in [7, 11) is 0. The summed E-state index contributed by atoms with van der Waals surface area (Å²) in [6, 6.07) is 0. The first-order valence-electron chi connectivity index (χ1n) is 11.7. The van der Waals surface area contributed by atoms with Gasteiger partial charge in [-0.2, -0.15) is 0 Å². The zero-order valence-electron chi connectivity index (χ0n) is 18.4. The van der Waals surface area contributed by atoms with Gasteiger partial charge in [0.05, 0.1) is 6.10 Å². The maximum atomic E-state index is 10.1. The molecule has 4 aliphatic rings. The van der Waals surface area contributed by atoms with Crippen molar-refractivity contribution in [3.05, 3.63) is 35.5 Å². The van der Waals surface area contributed by atoms with E-state index in [1.165, 1.54) is 44.1 Å². The molecule has 3 saturated carbocycles. The van der Waals surface area contributed by atoms with E-state index in [0.717, 1.165) is 37.0 Å². The second-order valence-corrected chi connectivity index (χ2v) is 9.71. The second-order valence-electron chi connectivity index (χ2n) is 9.71. The molecule has 0 aromatic heterocycles. The molecule has 1 N–H and O–H groups in total. The lowest BCUT2D eigenvalue weighted by atomic mass is 9.50. The van der Waals surface area contributed by atoms with Gasteiger partial charge in [-0.25, -0.2) is 0 Å². The zero-order valence-corrected chi connectivity index (χ0v) is 18.4. The summed E-state index contributed by atoms with van der Waals surface area (Å²) in [6.45, 7) is 11.3. The zero-order chi connectivity index (χ0) is 19.7. The van der Waals surface area contributed by atoms with Gasteiger partial charge in [-0.3, -0.25) is 0 Å². The fourth-order valence-electron chi connectivity index (χ4n) is 6.90. The standard InChI is InChI=1S/C24H36O.C2H6/c1-4-5-6-7-17-9-11-21-20-10-8-18-16-19(25)12-14-24(18,3)22(20)13-15-23(17,21)2;1-2/h5-6,8,10,17,19,21-22,25H,4,7,9,11-16H2,1-3H3;1-2H3/b6-5+;.